The normalized spacial score (nSPS) is 20.2. The molecule has 1 N–H and O–H groups in total. The summed E-state index contributed by atoms with van der Waals surface area (Å²) in [5.74, 6) is -0.671. The SMILES string of the molecule is O=C(O)C1(Cc2cnoc2)CCCCCC1. The van der Waals surface area contributed by atoms with E-state index in [1.54, 1.807) is 12.5 Å². The molecular weight excluding hydrogens is 206 g/mol. The maximum Gasteiger partial charge on any atom is 0.309 e. The molecule has 1 saturated carbocycles. The quantitative estimate of drug-likeness (QED) is 0.800. The molecule has 2 rings (SSSR count). The molecule has 0 amide bonds. The van der Waals surface area contributed by atoms with E-state index >= 15 is 0 Å². The Balaban J connectivity index is 2.17. The van der Waals surface area contributed by atoms with E-state index < -0.39 is 11.4 Å². The standard InChI is InChI=1S/C12H17NO3/c14-11(15)12(5-3-1-2-4-6-12)7-10-8-13-16-9-10/h8-9H,1-7H2,(H,14,15). The van der Waals surface area contributed by atoms with Crippen LogP contribution in [0, 0.1) is 5.41 Å². The molecule has 16 heavy (non-hydrogen) atoms. The van der Waals surface area contributed by atoms with E-state index in [1.165, 1.54) is 0 Å². The minimum atomic E-state index is -0.671. The van der Waals surface area contributed by atoms with Crippen molar-refractivity contribution in [3.05, 3.63) is 18.0 Å². The first-order valence-electron chi connectivity index (χ1n) is 5.85. The molecular formula is C12H17NO3. The van der Waals surface area contributed by atoms with Crippen LogP contribution in [0.2, 0.25) is 0 Å². The summed E-state index contributed by atoms with van der Waals surface area (Å²) in [6.07, 6.45) is 9.59. The fourth-order valence-corrected chi connectivity index (χ4v) is 2.58. The number of aliphatic carboxylic acids is 1. The topological polar surface area (TPSA) is 63.3 Å². The highest BCUT2D eigenvalue weighted by Crippen LogP contribution is 2.38. The van der Waals surface area contributed by atoms with Gasteiger partial charge in [-0.25, -0.2) is 0 Å². The summed E-state index contributed by atoms with van der Waals surface area (Å²) in [4.78, 5) is 11.5. The molecule has 0 radical (unpaired) electrons. The lowest BCUT2D eigenvalue weighted by Gasteiger charge is -2.27. The van der Waals surface area contributed by atoms with Gasteiger partial charge in [-0.05, 0) is 19.3 Å². The Morgan fingerprint density at radius 1 is 1.38 bits per heavy atom. The molecule has 0 unspecified atom stereocenters. The molecule has 0 aliphatic heterocycles. The van der Waals surface area contributed by atoms with Crippen molar-refractivity contribution in [2.24, 2.45) is 5.41 Å². The highest BCUT2D eigenvalue weighted by molar-refractivity contribution is 5.75. The van der Waals surface area contributed by atoms with Crippen molar-refractivity contribution < 1.29 is 14.4 Å². The summed E-state index contributed by atoms with van der Waals surface area (Å²) >= 11 is 0. The van der Waals surface area contributed by atoms with Crippen molar-refractivity contribution in [2.75, 3.05) is 0 Å². The number of nitrogens with zero attached hydrogens (tertiary/aromatic N) is 1. The molecule has 0 bridgehead atoms. The van der Waals surface area contributed by atoms with Gasteiger partial charge < -0.3 is 9.63 Å². The van der Waals surface area contributed by atoms with Gasteiger partial charge in [0, 0.05) is 5.56 Å². The second-order valence-corrected chi connectivity index (χ2v) is 4.71. The molecule has 1 aromatic rings. The smallest absolute Gasteiger partial charge is 0.309 e. The van der Waals surface area contributed by atoms with Gasteiger partial charge in [0.05, 0.1) is 11.6 Å². The Labute approximate surface area is 94.6 Å². The third-order valence-corrected chi connectivity index (χ3v) is 3.54. The summed E-state index contributed by atoms with van der Waals surface area (Å²) < 4.78 is 4.77. The zero-order valence-electron chi connectivity index (χ0n) is 9.32. The lowest BCUT2D eigenvalue weighted by atomic mass is 9.76. The predicted octanol–water partition coefficient (Wildman–Crippen LogP) is 2.64. The molecule has 0 spiro atoms. The number of aromatic nitrogens is 1. The fraction of sp³-hybridized carbons (Fsp3) is 0.667. The molecule has 88 valence electrons. The van der Waals surface area contributed by atoms with Crippen LogP contribution in [0.15, 0.2) is 17.0 Å². The first-order chi connectivity index (χ1) is 7.73. The average Bonchev–Trinajstić information content (AvgIpc) is 2.62. The molecule has 4 nitrogen and oxygen atoms in total. The van der Waals surface area contributed by atoms with Crippen LogP contribution in [0.3, 0.4) is 0 Å². The van der Waals surface area contributed by atoms with E-state index in [4.69, 9.17) is 4.52 Å². The molecule has 1 fully saturated rings. The lowest BCUT2D eigenvalue weighted by Crippen LogP contribution is -2.32. The monoisotopic (exact) mass is 223 g/mol. The van der Waals surface area contributed by atoms with Crippen LogP contribution in [0.1, 0.15) is 44.1 Å². The number of hydrogen-bond donors (Lipinski definition) is 1. The first-order valence-corrected chi connectivity index (χ1v) is 5.85. The largest absolute Gasteiger partial charge is 0.481 e. The van der Waals surface area contributed by atoms with Gasteiger partial charge in [0.25, 0.3) is 0 Å². The fourth-order valence-electron chi connectivity index (χ4n) is 2.58. The van der Waals surface area contributed by atoms with Gasteiger partial charge in [-0.2, -0.15) is 0 Å². The van der Waals surface area contributed by atoms with Crippen LogP contribution in [-0.4, -0.2) is 16.2 Å². The van der Waals surface area contributed by atoms with Crippen molar-refractivity contribution >= 4 is 5.97 Å². The van der Waals surface area contributed by atoms with Crippen LogP contribution in [0.5, 0.6) is 0 Å². The molecule has 1 aliphatic rings. The van der Waals surface area contributed by atoms with Crippen molar-refractivity contribution in [3.63, 3.8) is 0 Å². The number of carbonyl (C=O) groups is 1. The highest BCUT2D eigenvalue weighted by Gasteiger charge is 2.38. The summed E-state index contributed by atoms with van der Waals surface area (Å²) in [6.45, 7) is 0. The highest BCUT2D eigenvalue weighted by atomic mass is 16.5. The second-order valence-electron chi connectivity index (χ2n) is 4.71. The Morgan fingerprint density at radius 3 is 2.56 bits per heavy atom. The minimum Gasteiger partial charge on any atom is -0.481 e. The average molecular weight is 223 g/mol. The molecule has 1 aromatic heterocycles. The Bertz CT molecular complexity index is 337. The van der Waals surface area contributed by atoms with Gasteiger partial charge >= 0.3 is 5.97 Å². The van der Waals surface area contributed by atoms with Crippen LogP contribution in [-0.2, 0) is 11.2 Å². The Kier molecular flexibility index (Phi) is 3.27. The predicted molar refractivity (Wildman–Crippen MR) is 58.0 cm³/mol. The second kappa shape index (κ2) is 4.68. The number of rotatable bonds is 3. The first kappa shape index (κ1) is 11.2. The summed E-state index contributed by atoms with van der Waals surface area (Å²) in [5, 5.41) is 13.1. The Hall–Kier alpha value is -1.32. The van der Waals surface area contributed by atoms with Gasteiger partial charge in [0.15, 0.2) is 0 Å². The number of hydrogen-bond acceptors (Lipinski definition) is 3. The maximum atomic E-state index is 11.5. The molecule has 0 saturated heterocycles. The van der Waals surface area contributed by atoms with E-state index in [1.807, 2.05) is 0 Å². The van der Waals surface area contributed by atoms with Gasteiger partial charge in [0.2, 0.25) is 0 Å². The van der Waals surface area contributed by atoms with Crippen molar-refractivity contribution in [2.45, 2.75) is 44.9 Å². The zero-order valence-corrected chi connectivity index (χ0v) is 9.32. The van der Waals surface area contributed by atoms with Gasteiger partial charge in [0.1, 0.15) is 6.26 Å². The third kappa shape index (κ3) is 2.26. The molecule has 0 aromatic carbocycles. The lowest BCUT2D eigenvalue weighted by molar-refractivity contribution is -0.149. The van der Waals surface area contributed by atoms with Crippen molar-refractivity contribution in [1.82, 2.24) is 5.16 Å². The molecule has 0 atom stereocenters. The van der Waals surface area contributed by atoms with Crippen LogP contribution in [0.25, 0.3) is 0 Å². The van der Waals surface area contributed by atoms with E-state index in [-0.39, 0.29) is 0 Å². The van der Waals surface area contributed by atoms with E-state index in [0.717, 1.165) is 44.1 Å². The molecule has 1 aliphatic carbocycles. The van der Waals surface area contributed by atoms with Crippen molar-refractivity contribution in [3.8, 4) is 0 Å². The van der Waals surface area contributed by atoms with E-state index in [0.29, 0.717) is 6.42 Å². The zero-order chi connectivity index (χ0) is 11.4. The van der Waals surface area contributed by atoms with Crippen molar-refractivity contribution in [1.29, 1.82) is 0 Å². The van der Waals surface area contributed by atoms with Crippen LogP contribution >= 0.6 is 0 Å². The molecule has 1 heterocycles. The maximum absolute atomic E-state index is 11.5. The van der Waals surface area contributed by atoms with Gasteiger partial charge in [-0.1, -0.05) is 30.8 Å². The third-order valence-electron chi connectivity index (χ3n) is 3.54. The summed E-state index contributed by atoms with van der Waals surface area (Å²) in [7, 11) is 0. The van der Waals surface area contributed by atoms with Gasteiger partial charge in [-0.15, -0.1) is 0 Å². The summed E-state index contributed by atoms with van der Waals surface area (Å²) in [5.41, 5.74) is 0.298. The number of carboxylic acid groups (broad SMARTS) is 1. The number of carboxylic acids is 1. The van der Waals surface area contributed by atoms with E-state index in [9.17, 15) is 9.90 Å². The van der Waals surface area contributed by atoms with Crippen LogP contribution in [0.4, 0.5) is 0 Å². The summed E-state index contributed by atoms with van der Waals surface area (Å²) in [6, 6.07) is 0. The Morgan fingerprint density at radius 2 is 2.06 bits per heavy atom. The van der Waals surface area contributed by atoms with E-state index in [2.05, 4.69) is 5.16 Å². The van der Waals surface area contributed by atoms with Crippen LogP contribution < -0.4 is 0 Å². The minimum absolute atomic E-state index is 0.547. The molecule has 4 heteroatoms. The van der Waals surface area contributed by atoms with Gasteiger partial charge in [-0.3, -0.25) is 4.79 Å².